The van der Waals surface area contributed by atoms with Crippen molar-refractivity contribution in [3.8, 4) is 5.88 Å². The van der Waals surface area contributed by atoms with Gasteiger partial charge in [0, 0.05) is 43.0 Å². The molecule has 6 heteroatoms. The van der Waals surface area contributed by atoms with E-state index in [0.717, 1.165) is 12.0 Å². The van der Waals surface area contributed by atoms with Crippen LogP contribution in [0.1, 0.15) is 28.8 Å². The van der Waals surface area contributed by atoms with Crippen molar-refractivity contribution in [2.75, 3.05) is 26.4 Å². The van der Waals surface area contributed by atoms with E-state index >= 15 is 0 Å². The van der Waals surface area contributed by atoms with Crippen molar-refractivity contribution < 1.29 is 19.4 Å². The molecular formula is C20H24N2O4. The average molecular weight is 356 g/mol. The molecule has 26 heavy (non-hydrogen) atoms. The molecule has 1 aromatic carbocycles. The van der Waals surface area contributed by atoms with Gasteiger partial charge in [-0.05, 0) is 24.5 Å². The van der Waals surface area contributed by atoms with Crippen molar-refractivity contribution in [1.29, 1.82) is 0 Å². The van der Waals surface area contributed by atoms with E-state index in [1.165, 1.54) is 0 Å². The van der Waals surface area contributed by atoms with Gasteiger partial charge in [0.1, 0.15) is 6.61 Å². The Morgan fingerprint density at radius 2 is 2.15 bits per heavy atom. The number of pyridine rings is 1. The maximum absolute atomic E-state index is 12.5. The summed E-state index contributed by atoms with van der Waals surface area (Å²) in [6, 6.07) is 13.1. The third kappa shape index (κ3) is 4.80. The highest BCUT2D eigenvalue weighted by Gasteiger charge is 2.34. The lowest BCUT2D eigenvalue weighted by atomic mass is 9.84. The molecular weight excluding hydrogens is 332 g/mol. The van der Waals surface area contributed by atoms with Crippen molar-refractivity contribution in [1.82, 2.24) is 10.3 Å². The van der Waals surface area contributed by atoms with Crippen molar-refractivity contribution in [3.63, 3.8) is 0 Å². The molecule has 1 amide bonds. The largest absolute Gasteiger partial charge is 0.473 e. The molecule has 0 spiro atoms. The van der Waals surface area contributed by atoms with E-state index < -0.39 is 0 Å². The zero-order valence-electron chi connectivity index (χ0n) is 14.7. The molecule has 0 bridgehead atoms. The van der Waals surface area contributed by atoms with Crippen LogP contribution in [0.3, 0.4) is 0 Å². The van der Waals surface area contributed by atoms with Gasteiger partial charge in [-0.1, -0.05) is 30.3 Å². The molecule has 0 aliphatic carbocycles. The number of nitrogens with zero attached hydrogens (tertiary/aromatic N) is 1. The smallest absolute Gasteiger partial charge is 0.251 e. The van der Waals surface area contributed by atoms with Crippen LogP contribution in [0.15, 0.2) is 48.7 Å². The summed E-state index contributed by atoms with van der Waals surface area (Å²) in [5, 5.41) is 12.2. The second kappa shape index (κ2) is 8.78. The first-order valence-corrected chi connectivity index (χ1v) is 8.80. The lowest BCUT2D eigenvalue weighted by molar-refractivity contribution is 0.0889. The zero-order chi connectivity index (χ0) is 18.2. The Kier molecular flexibility index (Phi) is 6.20. The van der Waals surface area contributed by atoms with E-state index in [9.17, 15) is 9.90 Å². The number of carbonyl (C=O) groups excluding carboxylic acids is 1. The van der Waals surface area contributed by atoms with Crippen molar-refractivity contribution in [2.24, 2.45) is 5.41 Å². The highest BCUT2D eigenvalue weighted by Crippen LogP contribution is 2.31. The number of aliphatic hydroxyl groups is 1. The van der Waals surface area contributed by atoms with Crippen LogP contribution in [0.5, 0.6) is 5.88 Å². The van der Waals surface area contributed by atoms with E-state index in [1.807, 2.05) is 30.3 Å². The second-order valence-corrected chi connectivity index (χ2v) is 6.62. The number of carbonyl (C=O) groups is 1. The zero-order valence-corrected chi connectivity index (χ0v) is 14.7. The molecule has 1 fully saturated rings. The van der Waals surface area contributed by atoms with Gasteiger partial charge < -0.3 is 19.9 Å². The van der Waals surface area contributed by atoms with Crippen LogP contribution in [0.4, 0.5) is 0 Å². The van der Waals surface area contributed by atoms with E-state index in [1.54, 1.807) is 18.3 Å². The Balaban J connectivity index is 1.57. The Morgan fingerprint density at radius 1 is 1.31 bits per heavy atom. The summed E-state index contributed by atoms with van der Waals surface area (Å²) < 4.78 is 11.1. The van der Waals surface area contributed by atoms with Gasteiger partial charge in [-0.3, -0.25) is 4.79 Å². The first kappa shape index (κ1) is 18.4. The van der Waals surface area contributed by atoms with E-state index in [2.05, 4.69) is 10.3 Å². The number of hydrogen-bond acceptors (Lipinski definition) is 5. The van der Waals surface area contributed by atoms with Crippen LogP contribution < -0.4 is 10.1 Å². The lowest BCUT2D eigenvalue weighted by Crippen LogP contribution is -2.38. The molecule has 1 aliphatic heterocycles. The van der Waals surface area contributed by atoms with Gasteiger partial charge in [0.25, 0.3) is 5.91 Å². The van der Waals surface area contributed by atoms with Gasteiger partial charge in [-0.25, -0.2) is 4.98 Å². The fourth-order valence-electron chi connectivity index (χ4n) is 3.04. The summed E-state index contributed by atoms with van der Waals surface area (Å²) in [4.78, 5) is 16.6. The first-order chi connectivity index (χ1) is 12.7. The van der Waals surface area contributed by atoms with Gasteiger partial charge >= 0.3 is 0 Å². The molecule has 0 radical (unpaired) electrons. The normalized spacial score (nSPS) is 19.3. The predicted octanol–water partition coefficient (Wildman–Crippen LogP) is 2.18. The molecule has 3 rings (SSSR count). The molecule has 0 saturated carbocycles. The van der Waals surface area contributed by atoms with E-state index in [4.69, 9.17) is 9.47 Å². The fraction of sp³-hybridized carbons (Fsp3) is 0.400. The average Bonchev–Trinajstić information content (AvgIpc) is 3.15. The van der Waals surface area contributed by atoms with Gasteiger partial charge in [0.05, 0.1) is 6.61 Å². The summed E-state index contributed by atoms with van der Waals surface area (Å²) in [5.74, 6) is 0.233. The SMILES string of the molecule is O=C(NCC1(CCO)CCOC1)c1ccnc(OCc2ccccc2)c1. The minimum Gasteiger partial charge on any atom is -0.473 e. The first-order valence-electron chi connectivity index (χ1n) is 8.80. The Morgan fingerprint density at radius 3 is 2.88 bits per heavy atom. The standard InChI is InChI=1S/C20H24N2O4/c23-10-7-20(8-11-25-15-20)14-22-19(24)17-6-9-21-18(12-17)26-13-16-4-2-1-3-5-16/h1-6,9,12,23H,7-8,10-11,13-15H2,(H,22,24). The van der Waals surface area contributed by atoms with E-state index in [-0.39, 0.29) is 17.9 Å². The van der Waals surface area contributed by atoms with Gasteiger partial charge in [-0.15, -0.1) is 0 Å². The number of amides is 1. The molecule has 1 unspecified atom stereocenters. The second-order valence-electron chi connectivity index (χ2n) is 6.62. The third-order valence-corrected chi connectivity index (χ3v) is 4.68. The topological polar surface area (TPSA) is 80.7 Å². The molecule has 1 aromatic heterocycles. The number of benzene rings is 1. The maximum Gasteiger partial charge on any atom is 0.251 e. The Labute approximate surface area is 153 Å². The molecule has 2 heterocycles. The maximum atomic E-state index is 12.5. The van der Waals surface area contributed by atoms with Crippen LogP contribution in [-0.2, 0) is 11.3 Å². The predicted molar refractivity (Wildman–Crippen MR) is 96.9 cm³/mol. The van der Waals surface area contributed by atoms with Crippen LogP contribution >= 0.6 is 0 Å². The highest BCUT2D eigenvalue weighted by atomic mass is 16.5. The third-order valence-electron chi connectivity index (χ3n) is 4.68. The number of nitrogens with one attached hydrogen (secondary N) is 1. The summed E-state index contributed by atoms with van der Waals surface area (Å²) >= 11 is 0. The van der Waals surface area contributed by atoms with E-state index in [0.29, 0.717) is 44.2 Å². The minimum absolute atomic E-state index is 0.0892. The summed E-state index contributed by atoms with van der Waals surface area (Å²) in [6.45, 7) is 2.20. The Bertz CT molecular complexity index is 715. The lowest BCUT2D eigenvalue weighted by Gasteiger charge is -2.26. The molecule has 1 aliphatic rings. The number of hydrogen-bond donors (Lipinski definition) is 2. The van der Waals surface area contributed by atoms with Gasteiger partial charge in [-0.2, -0.15) is 0 Å². The van der Waals surface area contributed by atoms with Crippen LogP contribution in [0.25, 0.3) is 0 Å². The summed E-state index contributed by atoms with van der Waals surface area (Å²) in [7, 11) is 0. The summed E-state index contributed by atoms with van der Waals surface area (Å²) in [5.41, 5.74) is 1.36. The fourth-order valence-corrected chi connectivity index (χ4v) is 3.04. The molecule has 1 saturated heterocycles. The van der Waals surface area contributed by atoms with Crippen LogP contribution in [0.2, 0.25) is 0 Å². The number of rotatable bonds is 8. The highest BCUT2D eigenvalue weighted by molar-refractivity contribution is 5.94. The molecule has 2 aromatic rings. The van der Waals surface area contributed by atoms with Crippen LogP contribution in [0, 0.1) is 5.41 Å². The van der Waals surface area contributed by atoms with Crippen molar-refractivity contribution in [3.05, 3.63) is 59.8 Å². The number of ether oxygens (including phenoxy) is 2. The van der Waals surface area contributed by atoms with Gasteiger partial charge in [0.15, 0.2) is 0 Å². The minimum atomic E-state index is -0.179. The van der Waals surface area contributed by atoms with Gasteiger partial charge in [0.2, 0.25) is 5.88 Å². The number of aliphatic hydroxyl groups excluding tert-OH is 1. The summed E-state index contributed by atoms with van der Waals surface area (Å²) in [6.07, 6.45) is 3.03. The molecule has 2 N–H and O–H groups in total. The molecule has 138 valence electrons. The molecule has 1 atom stereocenters. The quantitative estimate of drug-likeness (QED) is 0.758. The van der Waals surface area contributed by atoms with Crippen molar-refractivity contribution in [2.45, 2.75) is 19.4 Å². The Hall–Kier alpha value is -2.44. The number of aromatic nitrogens is 1. The van der Waals surface area contributed by atoms with Crippen LogP contribution in [-0.4, -0.2) is 42.4 Å². The molecule has 6 nitrogen and oxygen atoms in total. The van der Waals surface area contributed by atoms with Crippen molar-refractivity contribution >= 4 is 5.91 Å². The monoisotopic (exact) mass is 356 g/mol.